The second-order valence-corrected chi connectivity index (χ2v) is 8.97. The fourth-order valence-corrected chi connectivity index (χ4v) is 4.87. The van der Waals surface area contributed by atoms with Gasteiger partial charge in [0, 0.05) is 5.69 Å². The molecular formula is C23H21N3O2S2. The Hall–Kier alpha value is -2.90. The maximum atomic E-state index is 13.2. The van der Waals surface area contributed by atoms with Crippen LogP contribution >= 0.6 is 23.1 Å². The Labute approximate surface area is 182 Å². The average molecular weight is 436 g/mol. The lowest BCUT2D eigenvalue weighted by Crippen LogP contribution is -2.22. The summed E-state index contributed by atoms with van der Waals surface area (Å²) in [6, 6.07) is 15.5. The van der Waals surface area contributed by atoms with Gasteiger partial charge in [0.05, 0.1) is 17.0 Å². The van der Waals surface area contributed by atoms with Crippen molar-refractivity contribution in [1.29, 1.82) is 0 Å². The Kier molecular flexibility index (Phi) is 5.74. The van der Waals surface area contributed by atoms with Crippen LogP contribution in [0.3, 0.4) is 0 Å². The van der Waals surface area contributed by atoms with Crippen molar-refractivity contribution in [1.82, 2.24) is 9.55 Å². The third-order valence-electron chi connectivity index (χ3n) is 4.79. The number of fused-ring (bicyclic) bond motifs is 1. The van der Waals surface area contributed by atoms with Crippen LogP contribution in [0.25, 0.3) is 15.9 Å². The number of hydrogen-bond donors (Lipinski definition) is 1. The van der Waals surface area contributed by atoms with Gasteiger partial charge in [-0.3, -0.25) is 14.2 Å². The molecule has 0 spiro atoms. The van der Waals surface area contributed by atoms with E-state index in [1.54, 1.807) is 4.57 Å². The van der Waals surface area contributed by atoms with Gasteiger partial charge in [-0.15, -0.1) is 11.3 Å². The van der Waals surface area contributed by atoms with E-state index in [1.165, 1.54) is 23.1 Å². The van der Waals surface area contributed by atoms with Crippen molar-refractivity contribution in [2.24, 2.45) is 0 Å². The average Bonchev–Trinajstić information content (AvgIpc) is 3.18. The van der Waals surface area contributed by atoms with Gasteiger partial charge < -0.3 is 5.32 Å². The summed E-state index contributed by atoms with van der Waals surface area (Å²) in [6.07, 6.45) is 0. The number of hydrogen-bond acceptors (Lipinski definition) is 5. The third-order valence-corrected chi connectivity index (χ3v) is 6.62. The molecular weight excluding hydrogens is 414 g/mol. The minimum atomic E-state index is -0.132. The predicted octanol–water partition coefficient (Wildman–Crippen LogP) is 5.10. The van der Waals surface area contributed by atoms with E-state index in [1.807, 2.05) is 74.7 Å². The summed E-state index contributed by atoms with van der Waals surface area (Å²) in [7, 11) is 0. The van der Waals surface area contributed by atoms with Crippen molar-refractivity contribution in [3.63, 3.8) is 0 Å². The third kappa shape index (κ3) is 4.04. The molecule has 0 saturated carbocycles. The number of carbonyl (C=O) groups is 1. The molecule has 0 radical (unpaired) electrons. The molecule has 2 aromatic carbocycles. The summed E-state index contributed by atoms with van der Waals surface area (Å²) in [6.45, 7) is 5.92. The van der Waals surface area contributed by atoms with Gasteiger partial charge in [0.1, 0.15) is 4.70 Å². The van der Waals surface area contributed by atoms with E-state index in [2.05, 4.69) is 10.3 Å². The highest BCUT2D eigenvalue weighted by Crippen LogP contribution is 2.25. The number of amides is 1. The van der Waals surface area contributed by atoms with Crippen LogP contribution in [0.2, 0.25) is 0 Å². The molecule has 0 aliphatic heterocycles. The monoisotopic (exact) mass is 435 g/mol. The smallest absolute Gasteiger partial charge is 0.276 e. The number of rotatable bonds is 5. The first-order chi connectivity index (χ1) is 14.4. The molecule has 1 amide bonds. The lowest BCUT2D eigenvalue weighted by molar-refractivity contribution is -0.113. The number of aryl methyl sites for hydroxylation is 3. The number of para-hydroxylation sites is 1. The molecule has 7 heteroatoms. The van der Waals surface area contributed by atoms with Gasteiger partial charge in [-0.1, -0.05) is 42.1 Å². The SMILES string of the molecule is Cc1cccc(-n2c(SCC(=O)Nc3c(C)cccc3C)nc3ccsc3c2=O)c1. The van der Waals surface area contributed by atoms with Gasteiger partial charge in [0.15, 0.2) is 5.16 Å². The molecule has 2 heterocycles. The van der Waals surface area contributed by atoms with Crippen LogP contribution in [0.5, 0.6) is 0 Å². The molecule has 0 aliphatic rings. The van der Waals surface area contributed by atoms with E-state index >= 15 is 0 Å². The first-order valence-corrected chi connectivity index (χ1v) is 11.4. The lowest BCUT2D eigenvalue weighted by atomic mass is 10.1. The highest BCUT2D eigenvalue weighted by Gasteiger charge is 2.16. The Morgan fingerprint density at radius 1 is 1.10 bits per heavy atom. The summed E-state index contributed by atoms with van der Waals surface area (Å²) in [5.74, 6) is 0.0228. The van der Waals surface area contributed by atoms with E-state index in [-0.39, 0.29) is 17.2 Å². The highest BCUT2D eigenvalue weighted by molar-refractivity contribution is 7.99. The maximum absolute atomic E-state index is 13.2. The molecule has 152 valence electrons. The Balaban J connectivity index is 1.66. The largest absolute Gasteiger partial charge is 0.325 e. The van der Waals surface area contributed by atoms with Crippen molar-refractivity contribution in [3.05, 3.63) is 81.0 Å². The first kappa shape index (κ1) is 20.4. The van der Waals surface area contributed by atoms with Crippen molar-refractivity contribution >= 4 is 44.9 Å². The molecule has 2 aromatic heterocycles. The minimum Gasteiger partial charge on any atom is -0.325 e. The zero-order chi connectivity index (χ0) is 21.3. The number of carbonyl (C=O) groups excluding carboxylic acids is 1. The molecule has 0 unspecified atom stereocenters. The van der Waals surface area contributed by atoms with Gasteiger partial charge in [0.25, 0.3) is 5.56 Å². The number of anilines is 1. The lowest BCUT2D eigenvalue weighted by Gasteiger charge is -2.14. The molecule has 5 nitrogen and oxygen atoms in total. The Bertz CT molecular complexity index is 1290. The van der Waals surface area contributed by atoms with E-state index in [0.717, 1.165) is 28.1 Å². The summed E-state index contributed by atoms with van der Waals surface area (Å²) in [5, 5.41) is 5.36. The molecule has 4 aromatic rings. The van der Waals surface area contributed by atoms with Gasteiger partial charge in [-0.05, 0) is 61.0 Å². The van der Waals surface area contributed by atoms with Crippen molar-refractivity contribution in [3.8, 4) is 5.69 Å². The molecule has 0 atom stereocenters. The van der Waals surface area contributed by atoms with Crippen LogP contribution in [-0.4, -0.2) is 21.2 Å². The fourth-order valence-electron chi connectivity index (χ4n) is 3.30. The van der Waals surface area contributed by atoms with E-state index in [0.29, 0.717) is 15.4 Å². The highest BCUT2D eigenvalue weighted by atomic mass is 32.2. The Morgan fingerprint density at radius 2 is 1.83 bits per heavy atom. The molecule has 4 rings (SSSR count). The van der Waals surface area contributed by atoms with E-state index < -0.39 is 0 Å². The normalized spacial score (nSPS) is 11.0. The summed E-state index contributed by atoms with van der Waals surface area (Å²) in [5.41, 5.74) is 5.21. The van der Waals surface area contributed by atoms with Gasteiger partial charge in [0.2, 0.25) is 5.91 Å². The van der Waals surface area contributed by atoms with Gasteiger partial charge in [-0.25, -0.2) is 4.98 Å². The number of nitrogens with zero attached hydrogens (tertiary/aromatic N) is 2. The predicted molar refractivity (Wildman–Crippen MR) is 125 cm³/mol. The van der Waals surface area contributed by atoms with Crippen LogP contribution in [0.1, 0.15) is 16.7 Å². The van der Waals surface area contributed by atoms with Crippen LogP contribution in [-0.2, 0) is 4.79 Å². The van der Waals surface area contributed by atoms with Crippen LogP contribution in [0, 0.1) is 20.8 Å². The number of benzene rings is 2. The number of thiophene rings is 1. The van der Waals surface area contributed by atoms with E-state index in [9.17, 15) is 9.59 Å². The number of nitrogens with one attached hydrogen (secondary N) is 1. The summed E-state index contributed by atoms with van der Waals surface area (Å²) >= 11 is 2.64. The zero-order valence-electron chi connectivity index (χ0n) is 16.9. The van der Waals surface area contributed by atoms with Crippen molar-refractivity contribution in [2.75, 3.05) is 11.1 Å². The van der Waals surface area contributed by atoms with Crippen LogP contribution in [0.4, 0.5) is 5.69 Å². The topological polar surface area (TPSA) is 64.0 Å². The van der Waals surface area contributed by atoms with E-state index in [4.69, 9.17) is 0 Å². The summed E-state index contributed by atoms with van der Waals surface area (Å²) < 4.78 is 2.21. The molecule has 0 saturated heterocycles. The zero-order valence-corrected chi connectivity index (χ0v) is 18.6. The van der Waals surface area contributed by atoms with Gasteiger partial charge in [-0.2, -0.15) is 0 Å². The first-order valence-electron chi connectivity index (χ1n) is 9.50. The van der Waals surface area contributed by atoms with Crippen LogP contribution < -0.4 is 10.9 Å². The van der Waals surface area contributed by atoms with Crippen molar-refractivity contribution in [2.45, 2.75) is 25.9 Å². The van der Waals surface area contributed by atoms with Gasteiger partial charge >= 0.3 is 0 Å². The Morgan fingerprint density at radius 3 is 2.57 bits per heavy atom. The fraction of sp³-hybridized carbons (Fsp3) is 0.174. The van der Waals surface area contributed by atoms with Crippen LogP contribution in [0.15, 0.2) is 63.9 Å². The molecule has 0 fully saturated rings. The number of aromatic nitrogens is 2. The minimum absolute atomic E-state index is 0.113. The molecule has 1 N–H and O–H groups in total. The number of thioether (sulfide) groups is 1. The quantitative estimate of drug-likeness (QED) is 0.350. The summed E-state index contributed by atoms with van der Waals surface area (Å²) in [4.78, 5) is 30.5. The maximum Gasteiger partial charge on any atom is 0.276 e. The second kappa shape index (κ2) is 8.45. The molecule has 0 bridgehead atoms. The standard InChI is InChI=1S/C23H21N3O2S2/c1-14-6-4-9-17(12-14)26-22(28)21-18(10-11-29-21)24-23(26)30-13-19(27)25-20-15(2)7-5-8-16(20)3/h4-12H,13H2,1-3H3,(H,25,27). The molecule has 0 aliphatic carbocycles. The second-order valence-electron chi connectivity index (χ2n) is 7.11. The van der Waals surface area contributed by atoms with Crippen molar-refractivity contribution < 1.29 is 4.79 Å². The molecule has 30 heavy (non-hydrogen) atoms.